The number of Topliss-reactive ketones (excluding diaryl/α,β-unsaturated/α-hetero) is 1. The Morgan fingerprint density at radius 1 is 1.35 bits per heavy atom. The third-order valence-electron chi connectivity index (χ3n) is 3.57. The first-order valence-electron chi connectivity index (χ1n) is 6.24. The molecular formula is C14H16N2O. The molecule has 1 saturated carbocycles. The normalized spacial score (nSPS) is 20.9. The summed E-state index contributed by atoms with van der Waals surface area (Å²) >= 11 is 0. The summed E-state index contributed by atoms with van der Waals surface area (Å²) in [5, 5.41) is 0. The minimum Gasteiger partial charge on any atom is -0.330 e. The van der Waals surface area contributed by atoms with E-state index in [4.69, 9.17) is 0 Å². The van der Waals surface area contributed by atoms with Crippen molar-refractivity contribution >= 4 is 16.8 Å². The lowest BCUT2D eigenvalue weighted by atomic mass is 9.88. The van der Waals surface area contributed by atoms with Gasteiger partial charge in [0.05, 0.1) is 17.4 Å². The summed E-state index contributed by atoms with van der Waals surface area (Å²) in [7, 11) is 0. The van der Waals surface area contributed by atoms with Crippen molar-refractivity contribution < 1.29 is 4.79 Å². The second kappa shape index (κ2) is 4.32. The molecule has 0 spiro atoms. The molecule has 3 heteroatoms. The van der Waals surface area contributed by atoms with E-state index in [9.17, 15) is 4.79 Å². The van der Waals surface area contributed by atoms with Gasteiger partial charge in [-0.1, -0.05) is 12.1 Å². The second-order valence-corrected chi connectivity index (χ2v) is 4.89. The molecule has 0 bridgehead atoms. The Hall–Kier alpha value is -1.64. The third-order valence-corrected chi connectivity index (χ3v) is 3.57. The van der Waals surface area contributed by atoms with Gasteiger partial charge < -0.3 is 4.57 Å². The number of hydrogen-bond acceptors (Lipinski definition) is 2. The average Bonchev–Trinajstić information content (AvgIpc) is 2.73. The quantitative estimate of drug-likeness (QED) is 0.792. The van der Waals surface area contributed by atoms with Gasteiger partial charge in [-0.25, -0.2) is 4.98 Å². The second-order valence-electron chi connectivity index (χ2n) is 4.89. The number of imidazole rings is 1. The molecule has 0 saturated heterocycles. The maximum absolute atomic E-state index is 11.4. The lowest BCUT2D eigenvalue weighted by Crippen LogP contribution is -2.19. The van der Waals surface area contributed by atoms with Crippen molar-refractivity contribution in [2.75, 3.05) is 0 Å². The van der Waals surface area contributed by atoms with Crippen LogP contribution in [0.15, 0.2) is 30.6 Å². The first-order chi connectivity index (χ1) is 8.33. The Balaban J connectivity index is 1.82. The van der Waals surface area contributed by atoms with Crippen molar-refractivity contribution in [1.82, 2.24) is 9.55 Å². The van der Waals surface area contributed by atoms with Crippen LogP contribution in [0.1, 0.15) is 25.7 Å². The van der Waals surface area contributed by atoms with Crippen molar-refractivity contribution in [2.45, 2.75) is 32.2 Å². The van der Waals surface area contributed by atoms with Crippen LogP contribution in [-0.2, 0) is 11.3 Å². The van der Waals surface area contributed by atoms with Gasteiger partial charge in [0.2, 0.25) is 0 Å². The van der Waals surface area contributed by atoms with Gasteiger partial charge in [0.15, 0.2) is 0 Å². The van der Waals surface area contributed by atoms with Gasteiger partial charge in [-0.2, -0.15) is 0 Å². The number of ketones is 1. The summed E-state index contributed by atoms with van der Waals surface area (Å²) in [4.78, 5) is 15.8. The zero-order valence-corrected chi connectivity index (χ0v) is 9.80. The van der Waals surface area contributed by atoms with Crippen LogP contribution in [0.5, 0.6) is 0 Å². The molecular weight excluding hydrogens is 212 g/mol. The highest BCUT2D eigenvalue weighted by atomic mass is 16.1. The Bertz CT molecular complexity index is 544. The van der Waals surface area contributed by atoms with Gasteiger partial charge in [0.1, 0.15) is 5.78 Å². The zero-order valence-electron chi connectivity index (χ0n) is 9.80. The summed E-state index contributed by atoms with van der Waals surface area (Å²) in [6.07, 6.45) is 5.63. The van der Waals surface area contributed by atoms with Crippen LogP contribution in [0.2, 0.25) is 0 Å². The van der Waals surface area contributed by atoms with Gasteiger partial charge >= 0.3 is 0 Å². The van der Waals surface area contributed by atoms with E-state index in [1.54, 1.807) is 0 Å². The molecule has 2 aromatic rings. The molecule has 0 aliphatic heterocycles. The van der Waals surface area contributed by atoms with E-state index in [2.05, 4.69) is 15.6 Å². The number of hydrogen-bond donors (Lipinski definition) is 0. The van der Waals surface area contributed by atoms with E-state index in [-0.39, 0.29) is 0 Å². The maximum Gasteiger partial charge on any atom is 0.133 e. The fourth-order valence-electron chi connectivity index (χ4n) is 2.70. The smallest absolute Gasteiger partial charge is 0.133 e. The van der Waals surface area contributed by atoms with E-state index in [1.165, 1.54) is 5.52 Å². The molecule has 1 atom stereocenters. The number of carbonyl (C=O) groups excluding carboxylic acids is 1. The van der Waals surface area contributed by atoms with Crippen molar-refractivity contribution in [3.05, 3.63) is 30.6 Å². The molecule has 1 aliphatic rings. The predicted octanol–water partition coefficient (Wildman–Crippen LogP) is 2.80. The van der Waals surface area contributed by atoms with Gasteiger partial charge in [0, 0.05) is 19.4 Å². The Morgan fingerprint density at radius 2 is 2.24 bits per heavy atom. The molecule has 0 radical (unpaired) electrons. The molecule has 0 unspecified atom stereocenters. The molecule has 1 fully saturated rings. The van der Waals surface area contributed by atoms with Crippen molar-refractivity contribution in [3.8, 4) is 0 Å². The summed E-state index contributed by atoms with van der Waals surface area (Å²) < 4.78 is 2.18. The van der Waals surface area contributed by atoms with Crippen LogP contribution >= 0.6 is 0 Å². The molecule has 1 aromatic carbocycles. The van der Waals surface area contributed by atoms with Crippen LogP contribution in [0, 0.1) is 5.92 Å². The molecule has 1 aromatic heterocycles. The summed E-state index contributed by atoms with van der Waals surface area (Å²) in [5.41, 5.74) is 2.21. The predicted molar refractivity (Wildman–Crippen MR) is 66.7 cm³/mol. The molecule has 88 valence electrons. The van der Waals surface area contributed by atoms with Gasteiger partial charge in [0.25, 0.3) is 0 Å². The largest absolute Gasteiger partial charge is 0.330 e. The first kappa shape index (κ1) is 10.5. The fraction of sp³-hybridized carbons (Fsp3) is 0.429. The molecule has 3 rings (SSSR count). The van der Waals surface area contributed by atoms with Crippen LogP contribution in [-0.4, -0.2) is 15.3 Å². The Labute approximate surface area is 100 Å². The maximum atomic E-state index is 11.4. The molecule has 3 nitrogen and oxygen atoms in total. The van der Waals surface area contributed by atoms with E-state index in [0.717, 1.165) is 37.7 Å². The van der Waals surface area contributed by atoms with Crippen LogP contribution < -0.4 is 0 Å². The number of benzene rings is 1. The van der Waals surface area contributed by atoms with Crippen molar-refractivity contribution in [2.24, 2.45) is 5.92 Å². The highest BCUT2D eigenvalue weighted by Gasteiger charge is 2.20. The SMILES string of the molecule is O=C1CCC[C@H](Cn2cnc3ccccc32)C1. The standard InChI is InChI=1S/C14H16N2O/c17-12-5-3-4-11(8-12)9-16-10-15-13-6-1-2-7-14(13)16/h1-2,6-7,10-11H,3-5,8-9H2/t11-/m0/s1. The lowest BCUT2D eigenvalue weighted by Gasteiger charge is -2.21. The van der Waals surface area contributed by atoms with E-state index < -0.39 is 0 Å². The van der Waals surface area contributed by atoms with E-state index in [0.29, 0.717) is 11.7 Å². The zero-order chi connectivity index (χ0) is 11.7. The lowest BCUT2D eigenvalue weighted by molar-refractivity contribution is -0.121. The van der Waals surface area contributed by atoms with Crippen molar-refractivity contribution in [3.63, 3.8) is 0 Å². The first-order valence-corrected chi connectivity index (χ1v) is 6.24. The minimum atomic E-state index is 0.422. The van der Waals surface area contributed by atoms with Crippen molar-refractivity contribution in [1.29, 1.82) is 0 Å². The fourth-order valence-corrected chi connectivity index (χ4v) is 2.70. The van der Waals surface area contributed by atoms with Gasteiger partial charge in [-0.05, 0) is 30.9 Å². The molecule has 1 aliphatic carbocycles. The van der Waals surface area contributed by atoms with E-state index >= 15 is 0 Å². The molecule has 0 N–H and O–H groups in total. The van der Waals surface area contributed by atoms with Gasteiger partial charge in [-0.3, -0.25) is 4.79 Å². The number of rotatable bonds is 2. The van der Waals surface area contributed by atoms with Crippen LogP contribution in [0.3, 0.4) is 0 Å². The summed E-state index contributed by atoms with van der Waals surface area (Å²) in [6.45, 7) is 0.923. The summed E-state index contributed by atoms with van der Waals surface area (Å²) in [5.74, 6) is 0.916. The minimum absolute atomic E-state index is 0.422. The number of fused-ring (bicyclic) bond motifs is 1. The molecule has 0 amide bonds. The number of nitrogens with zero attached hydrogens (tertiary/aromatic N) is 2. The third kappa shape index (κ3) is 2.09. The number of aromatic nitrogens is 2. The number of para-hydroxylation sites is 2. The molecule has 17 heavy (non-hydrogen) atoms. The average molecular weight is 228 g/mol. The Morgan fingerprint density at radius 3 is 3.12 bits per heavy atom. The van der Waals surface area contributed by atoms with Gasteiger partial charge in [-0.15, -0.1) is 0 Å². The highest BCUT2D eigenvalue weighted by Crippen LogP contribution is 2.24. The highest BCUT2D eigenvalue weighted by molar-refractivity contribution is 5.79. The molecule has 1 heterocycles. The Kier molecular flexibility index (Phi) is 2.67. The topological polar surface area (TPSA) is 34.9 Å². The van der Waals surface area contributed by atoms with Crippen LogP contribution in [0.4, 0.5) is 0 Å². The van der Waals surface area contributed by atoms with E-state index in [1.807, 2.05) is 24.5 Å². The monoisotopic (exact) mass is 228 g/mol. The summed E-state index contributed by atoms with van der Waals surface area (Å²) in [6, 6.07) is 8.15. The van der Waals surface area contributed by atoms with Crippen LogP contribution in [0.25, 0.3) is 11.0 Å². The number of carbonyl (C=O) groups is 1.